The van der Waals surface area contributed by atoms with Crippen LogP contribution in [0.1, 0.15) is 34.1 Å². The molecule has 0 unspecified atom stereocenters. The molecule has 0 atom stereocenters. The molecule has 0 saturated heterocycles. The molecule has 0 saturated carbocycles. The van der Waals surface area contributed by atoms with E-state index in [2.05, 4.69) is 5.32 Å². The van der Waals surface area contributed by atoms with Gasteiger partial charge in [0.05, 0.1) is 5.69 Å². The molecule has 26 heavy (non-hydrogen) atoms. The number of amides is 2. The Morgan fingerprint density at radius 3 is 2.23 bits per heavy atom. The molecule has 1 N–H and O–H groups in total. The quantitative estimate of drug-likeness (QED) is 0.848. The minimum atomic E-state index is -0.299. The van der Waals surface area contributed by atoms with Crippen LogP contribution in [0.4, 0.5) is 5.69 Å². The average molecular weight is 354 g/mol. The number of para-hydroxylation sites is 3. The van der Waals surface area contributed by atoms with Gasteiger partial charge in [-0.2, -0.15) is 0 Å². The van der Waals surface area contributed by atoms with Crippen molar-refractivity contribution in [2.75, 3.05) is 11.4 Å². The van der Waals surface area contributed by atoms with Gasteiger partial charge in [0, 0.05) is 25.4 Å². The van der Waals surface area contributed by atoms with Gasteiger partial charge in [0.15, 0.2) is 5.75 Å². The van der Waals surface area contributed by atoms with E-state index in [0.717, 1.165) is 0 Å². The van der Waals surface area contributed by atoms with Gasteiger partial charge in [-0.05, 0) is 45.0 Å². The lowest BCUT2D eigenvalue weighted by atomic mass is 10.1. The van der Waals surface area contributed by atoms with E-state index in [1.807, 2.05) is 75.4 Å². The molecule has 0 heterocycles. The number of carbonyl (C=O) groups is 2. The van der Waals surface area contributed by atoms with Crippen molar-refractivity contribution in [3.63, 3.8) is 0 Å². The summed E-state index contributed by atoms with van der Waals surface area (Å²) in [5.74, 6) is 1.03. The lowest BCUT2D eigenvalue weighted by molar-refractivity contribution is -0.122. The normalized spacial score (nSPS) is 10.9. The van der Waals surface area contributed by atoms with Gasteiger partial charge in [0.25, 0.3) is 0 Å². The minimum Gasteiger partial charge on any atom is -0.455 e. The topological polar surface area (TPSA) is 58.6 Å². The van der Waals surface area contributed by atoms with E-state index < -0.39 is 0 Å². The monoisotopic (exact) mass is 354 g/mol. The van der Waals surface area contributed by atoms with Crippen LogP contribution in [0.25, 0.3) is 0 Å². The second-order valence-electron chi connectivity index (χ2n) is 7.10. The van der Waals surface area contributed by atoms with Crippen LogP contribution >= 0.6 is 0 Å². The lowest BCUT2D eigenvalue weighted by Crippen LogP contribution is -2.42. The summed E-state index contributed by atoms with van der Waals surface area (Å²) < 4.78 is 5.93. The van der Waals surface area contributed by atoms with Crippen molar-refractivity contribution in [3.8, 4) is 11.5 Å². The summed E-state index contributed by atoms with van der Waals surface area (Å²) in [6, 6.07) is 16.7. The average Bonchev–Trinajstić information content (AvgIpc) is 2.55. The van der Waals surface area contributed by atoms with Crippen LogP contribution < -0.4 is 15.0 Å². The Hall–Kier alpha value is -2.82. The first-order valence-corrected chi connectivity index (χ1v) is 8.67. The molecule has 0 radical (unpaired) electrons. The van der Waals surface area contributed by atoms with Gasteiger partial charge in [0.1, 0.15) is 5.75 Å². The molecule has 0 aromatic heterocycles. The molecular formula is C21H26N2O3. The van der Waals surface area contributed by atoms with Crippen LogP contribution in [-0.4, -0.2) is 23.9 Å². The highest BCUT2D eigenvalue weighted by molar-refractivity contribution is 5.94. The molecule has 5 heteroatoms. The second kappa shape index (κ2) is 8.52. The van der Waals surface area contributed by atoms with Crippen LogP contribution in [0.15, 0.2) is 54.6 Å². The molecule has 2 aromatic carbocycles. The third kappa shape index (κ3) is 5.92. The molecule has 5 nitrogen and oxygen atoms in total. The number of ether oxygens (including phenoxy) is 1. The summed E-state index contributed by atoms with van der Waals surface area (Å²) in [6.07, 6.45) is 0.219. The highest BCUT2D eigenvalue weighted by Gasteiger charge is 2.19. The number of hydrogen-bond donors (Lipinski definition) is 1. The Morgan fingerprint density at radius 2 is 1.62 bits per heavy atom. The maximum absolute atomic E-state index is 12.2. The maximum atomic E-state index is 12.2. The van der Waals surface area contributed by atoms with Crippen LogP contribution in [0.5, 0.6) is 11.5 Å². The molecule has 2 amide bonds. The zero-order valence-electron chi connectivity index (χ0n) is 15.8. The van der Waals surface area contributed by atoms with Crippen LogP contribution in [-0.2, 0) is 9.59 Å². The molecule has 0 aliphatic heterocycles. The Balaban J connectivity index is 2.17. The van der Waals surface area contributed by atoms with E-state index in [1.165, 1.54) is 6.92 Å². The number of carbonyl (C=O) groups excluding carboxylic acids is 2. The number of rotatable bonds is 6. The van der Waals surface area contributed by atoms with Gasteiger partial charge in [-0.15, -0.1) is 0 Å². The van der Waals surface area contributed by atoms with Crippen molar-refractivity contribution in [3.05, 3.63) is 54.6 Å². The molecular weight excluding hydrogens is 328 g/mol. The SMILES string of the molecule is CC(=O)N(CCC(=O)NC(C)(C)C)c1ccccc1Oc1ccccc1. The van der Waals surface area contributed by atoms with Crippen LogP contribution in [0.2, 0.25) is 0 Å². The van der Waals surface area contributed by atoms with Crippen molar-refractivity contribution in [1.82, 2.24) is 5.32 Å². The van der Waals surface area contributed by atoms with Gasteiger partial charge < -0.3 is 15.0 Å². The molecule has 2 rings (SSSR count). The zero-order valence-corrected chi connectivity index (χ0v) is 15.8. The first kappa shape index (κ1) is 19.5. The van der Waals surface area contributed by atoms with Gasteiger partial charge in [0.2, 0.25) is 11.8 Å². The van der Waals surface area contributed by atoms with Crippen molar-refractivity contribution in [2.45, 2.75) is 39.7 Å². The van der Waals surface area contributed by atoms with Crippen LogP contribution in [0, 0.1) is 0 Å². The standard InChI is InChI=1S/C21H26N2O3/c1-16(24)23(15-14-20(25)22-21(2,3)4)18-12-8-9-13-19(18)26-17-10-6-5-7-11-17/h5-13H,14-15H2,1-4H3,(H,22,25). The highest BCUT2D eigenvalue weighted by Crippen LogP contribution is 2.32. The predicted molar refractivity (Wildman–Crippen MR) is 103 cm³/mol. The predicted octanol–water partition coefficient (Wildman–Crippen LogP) is 4.14. The van der Waals surface area contributed by atoms with Gasteiger partial charge in [-0.1, -0.05) is 30.3 Å². The van der Waals surface area contributed by atoms with E-state index in [0.29, 0.717) is 17.2 Å². The van der Waals surface area contributed by atoms with Crippen LogP contribution in [0.3, 0.4) is 0 Å². The maximum Gasteiger partial charge on any atom is 0.223 e. The van der Waals surface area contributed by atoms with E-state index in [-0.39, 0.29) is 30.3 Å². The molecule has 0 aliphatic rings. The van der Waals surface area contributed by atoms with E-state index >= 15 is 0 Å². The Labute approximate surface area is 155 Å². The fourth-order valence-electron chi connectivity index (χ4n) is 2.52. The molecule has 2 aromatic rings. The summed E-state index contributed by atoms with van der Waals surface area (Å²) in [7, 11) is 0. The third-order valence-electron chi connectivity index (χ3n) is 3.58. The molecule has 0 spiro atoms. The Morgan fingerprint density at radius 1 is 1.00 bits per heavy atom. The van der Waals surface area contributed by atoms with E-state index in [9.17, 15) is 9.59 Å². The van der Waals surface area contributed by atoms with Crippen molar-refractivity contribution in [2.24, 2.45) is 0 Å². The molecule has 0 fully saturated rings. The molecule has 0 aliphatic carbocycles. The Kier molecular flexibility index (Phi) is 6.39. The lowest BCUT2D eigenvalue weighted by Gasteiger charge is -2.25. The molecule has 138 valence electrons. The summed E-state index contributed by atoms with van der Waals surface area (Å²) >= 11 is 0. The number of nitrogens with one attached hydrogen (secondary N) is 1. The summed E-state index contributed by atoms with van der Waals surface area (Å²) in [5, 5.41) is 2.91. The Bertz CT molecular complexity index is 751. The summed E-state index contributed by atoms with van der Waals surface area (Å²) in [4.78, 5) is 25.9. The van der Waals surface area contributed by atoms with E-state index in [4.69, 9.17) is 4.74 Å². The van der Waals surface area contributed by atoms with Gasteiger partial charge in [-0.3, -0.25) is 9.59 Å². The fraction of sp³-hybridized carbons (Fsp3) is 0.333. The van der Waals surface area contributed by atoms with Crippen molar-refractivity contribution < 1.29 is 14.3 Å². The fourth-order valence-corrected chi connectivity index (χ4v) is 2.52. The first-order valence-electron chi connectivity index (χ1n) is 8.67. The largest absolute Gasteiger partial charge is 0.455 e. The van der Waals surface area contributed by atoms with E-state index in [1.54, 1.807) is 4.90 Å². The second-order valence-corrected chi connectivity index (χ2v) is 7.10. The first-order chi connectivity index (χ1) is 12.3. The van der Waals surface area contributed by atoms with Gasteiger partial charge in [-0.25, -0.2) is 0 Å². The third-order valence-corrected chi connectivity index (χ3v) is 3.58. The summed E-state index contributed by atoms with van der Waals surface area (Å²) in [5.41, 5.74) is 0.347. The number of nitrogens with zero attached hydrogens (tertiary/aromatic N) is 1. The zero-order chi connectivity index (χ0) is 19.2. The number of anilines is 1. The summed E-state index contributed by atoms with van der Waals surface area (Å²) in [6.45, 7) is 7.55. The van der Waals surface area contributed by atoms with Crippen molar-refractivity contribution >= 4 is 17.5 Å². The smallest absolute Gasteiger partial charge is 0.223 e. The molecule has 0 bridgehead atoms. The number of benzene rings is 2. The van der Waals surface area contributed by atoms with Gasteiger partial charge >= 0.3 is 0 Å². The number of hydrogen-bond acceptors (Lipinski definition) is 3. The minimum absolute atomic E-state index is 0.0924. The highest BCUT2D eigenvalue weighted by atomic mass is 16.5. The van der Waals surface area contributed by atoms with Crippen molar-refractivity contribution in [1.29, 1.82) is 0 Å².